The third kappa shape index (κ3) is 4.81. The first-order chi connectivity index (χ1) is 14.9. The van der Waals surface area contributed by atoms with Crippen LogP contribution in [-0.2, 0) is 0 Å². The number of aryl methyl sites for hydroxylation is 1. The van der Waals surface area contributed by atoms with E-state index in [-0.39, 0.29) is 17.6 Å². The number of rotatable bonds is 7. The molecule has 160 valence electrons. The zero-order valence-electron chi connectivity index (χ0n) is 17.2. The fraction of sp³-hybridized carbons (Fsp3) is 0.318. The molecule has 3 aromatic rings. The van der Waals surface area contributed by atoms with Crippen molar-refractivity contribution in [3.8, 4) is 10.4 Å². The molecule has 1 aromatic carbocycles. The molecule has 0 saturated carbocycles. The summed E-state index contributed by atoms with van der Waals surface area (Å²) in [5.41, 5.74) is 1.75. The van der Waals surface area contributed by atoms with Crippen LogP contribution in [0.1, 0.15) is 45.6 Å². The zero-order chi connectivity index (χ0) is 22.0. The van der Waals surface area contributed by atoms with Gasteiger partial charge in [-0.1, -0.05) is 23.7 Å². The van der Waals surface area contributed by atoms with E-state index in [1.165, 1.54) is 30.7 Å². The Morgan fingerprint density at radius 3 is 2.55 bits per heavy atom. The minimum atomic E-state index is -0.585. The number of carbonyl (C=O) groups is 2. The number of hydrogen-bond acceptors (Lipinski definition) is 8. The molecule has 2 aromatic heterocycles. The van der Waals surface area contributed by atoms with Crippen LogP contribution in [0.25, 0.3) is 10.4 Å². The SMILES string of the molecule is CC(=O)c1cnc(N[C@H](C(=O)c2nc(C)sc2-c2ccc(Cl)cc2)C2CCCN2)nc1. The molecule has 2 N–H and O–H groups in total. The topological polar surface area (TPSA) is 96.9 Å². The Labute approximate surface area is 189 Å². The highest BCUT2D eigenvalue weighted by Gasteiger charge is 2.34. The molecule has 1 fully saturated rings. The van der Waals surface area contributed by atoms with Crippen molar-refractivity contribution in [1.82, 2.24) is 20.3 Å². The first kappa shape index (κ1) is 21.5. The summed E-state index contributed by atoms with van der Waals surface area (Å²) in [5, 5.41) is 8.03. The summed E-state index contributed by atoms with van der Waals surface area (Å²) in [6.07, 6.45) is 4.77. The molecular weight excluding hydrogens is 434 g/mol. The quantitative estimate of drug-likeness (QED) is 0.516. The van der Waals surface area contributed by atoms with Gasteiger partial charge in [-0.2, -0.15) is 0 Å². The van der Waals surface area contributed by atoms with Crippen LogP contribution >= 0.6 is 22.9 Å². The Balaban J connectivity index is 1.67. The summed E-state index contributed by atoms with van der Waals surface area (Å²) in [6, 6.07) is 6.75. The lowest BCUT2D eigenvalue weighted by Gasteiger charge is -2.23. The predicted octanol–water partition coefficient (Wildman–Crippen LogP) is 4.18. The zero-order valence-corrected chi connectivity index (χ0v) is 18.8. The standard InChI is InChI=1S/C22H22ClN5O2S/c1-12(29)15-10-25-22(26-11-15)28-18(17-4-3-9-24-17)20(30)19-21(31-13(2)27-19)14-5-7-16(23)8-6-14/h5-8,10-11,17-18,24H,3-4,9H2,1-2H3,(H,25,26,28)/t17?,18-/m0/s1. The second-order valence-electron chi connectivity index (χ2n) is 7.46. The van der Waals surface area contributed by atoms with E-state index in [1.807, 2.05) is 19.1 Å². The van der Waals surface area contributed by atoms with E-state index < -0.39 is 6.04 Å². The van der Waals surface area contributed by atoms with Crippen molar-refractivity contribution in [1.29, 1.82) is 0 Å². The maximum Gasteiger partial charge on any atom is 0.223 e. The highest BCUT2D eigenvalue weighted by atomic mass is 35.5. The van der Waals surface area contributed by atoms with Crippen LogP contribution in [-0.4, -0.2) is 45.1 Å². The second-order valence-corrected chi connectivity index (χ2v) is 9.10. The van der Waals surface area contributed by atoms with Gasteiger partial charge in [0.15, 0.2) is 5.78 Å². The summed E-state index contributed by atoms with van der Waals surface area (Å²) in [7, 11) is 0. The monoisotopic (exact) mass is 455 g/mol. The van der Waals surface area contributed by atoms with Crippen LogP contribution in [0.5, 0.6) is 0 Å². The van der Waals surface area contributed by atoms with Crippen molar-refractivity contribution >= 4 is 40.5 Å². The van der Waals surface area contributed by atoms with Gasteiger partial charge in [0.1, 0.15) is 11.7 Å². The number of benzene rings is 1. The van der Waals surface area contributed by atoms with Crippen LogP contribution < -0.4 is 10.6 Å². The molecule has 0 bridgehead atoms. The summed E-state index contributed by atoms with van der Waals surface area (Å²) in [5.74, 6) is 0.0761. The van der Waals surface area contributed by atoms with Crippen molar-refractivity contribution in [3.05, 3.63) is 57.9 Å². The van der Waals surface area contributed by atoms with Crippen molar-refractivity contribution in [2.45, 2.75) is 38.8 Å². The second kappa shape index (κ2) is 9.21. The van der Waals surface area contributed by atoms with Gasteiger partial charge in [0.25, 0.3) is 0 Å². The Hall–Kier alpha value is -2.68. The Bertz CT molecular complexity index is 1090. The van der Waals surface area contributed by atoms with E-state index in [0.717, 1.165) is 34.8 Å². The predicted molar refractivity (Wildman–Crippen MR) is 122 cm³/mol. The molecular formula is C22H22ClN5O2S. The first-order valence-electron chi connectivity index (χ1n) is 10.0. The van der Waals surface area contributed by atoms with E-state index in [4.69, 9.17) is 11.6 Å². The molecule has 2 atom stereocenters. The molecule has 0 amide bonds. The van der Waals surface area contributed by atoms with Gasteiger partial charge in [-0.15, -0.1) is 11.3 Å². The fourth-order valence-electron chi connectivity index (χ4n) is 3.61. The van der Waals surface area contributed by atoms with Crippen molar-refractivity contribution in [2.24, 2.45) is 0 Å². The lowest BCUT2D eigenvalue weighted by molar-refractivity contribution is 0.0950. The van der Waals surface area contributed by atoms with Gasteiger partial charge in [0.05, 0.1) is 15.4 Å². The number of nitrogens with zero attached hydrogens (tertiary/aromatic N) is 3. The minimum Gasteiger partial charge on any atom is -0.342 e. The summed E-state index contributed by atoms with van der Waals surface area (Å²) < 4.78 is 0. The maximum absolute atomic E-state index is 13.7. The molecule has 0 aliphatic carbocycles. The Kier molecular flexibility index (Phi) is 6.41. The smallest absolute Gasteiger partial charge is 0.223 e. The summed E-state index contributed by atoms with van der Waals surface area (Å²) in [6.45, 7) is 4.20. The molecule has 1 saturated heterocycles. The number of nitrogens with one attached hydrogen (secondary N) is 2. The van der Waals surface area contributed by atoms with Gasteiger partial charge in [-0.25, -0.2) is 15.0 Å². The average Bonchev–Trinajstić information content (AvgIpc) is 3.42. The van der Waals surface area contributed by atoms with E-state index in [0.29, 0.717) is 22.2 Å². The Morgan fingerprint density at radius 2 is 1.94 bits per heavy atom. The van der Waals surface area contributed by atoms with Crippen LogP contribution in [0.4, 0.5) is 5.95 Å². The molecule has 1 unspecified atom stereocenters. The number of thiazole rings is 1. The van der Waals surface area contributed by atoms with Crippen molar-refractivity contribution < 1.29 is 9.59 Å². The lowest BCUT2D eigenvalue weighted by atomic mass is 9.98. The highest BCUT2D eigenvalue weighted by Crippen LogP contribution is 2.32. The van der Waals surface area contributed by atoms with Crippen LogP contribution in [0.3, 0.4) is 0 Å². The van der Waals surface area contributed by atoms with Crippen molar-refractivity contribution in [3.63, 3.8) is 0 Å². The van der Waals surface area contributed by atoms with E-state index in [1.54, 1.807) is 12.1 Å². The van der Waals surface area contributed by atoms with Crippen LogP contribution in [0.15, 0.2) is 36.7 Å². The van der Waals surface area contributed by atoms with Gasteiger partial charge in [-0.3, -0.25) is 9.59 Å². The summed E-state index contributed by atoms with van der Waals surface area (Å²) >= 11 is 7.51. The van der Waals surface area contributed by atoms with Gasteiger partial charge in [0, 0.05) is 23.5 Å². The normalized spacial score (nSPS) is 16.8. The van der Waals surface area contributed by atoms with Gasteiger partial charge in [-0.05, 0) is 50.9 Å². The highest BCUT2D eigenvalue weighted by molar-refractivity contribution is 7.15. The van der Waals surface area contributed by atoms with Gasteiger partial charge < -0.3 is 10.6 Å². The number of ketones is 2. The van der Waals surface area contributed by atoms with Gasteiger partial charge in [0.2, 0.25) is 11.7 Å². The molecule has 7 nitrogen and oxygen atoms in total. The third-order valence-electron chi connectivity index (χ3n) is 5.20. The van der Waals surface area contributed by atoms with E-state index in [9.17, 15) is 9.59 Å². The number of halogens is 1. The lowest BCUT2D eigenvalue weighted by Crippen LogP contribution is -2.46. The summed E-state index contributed by atoms with van der Waals surface area (Å²) in [4.78, 5) is 39.0. The van der Waals surface area contributed by atoms with E-state index >= 15 is 0 Å². The minimum absolute atomic E-state index is 0.0661. The molecule has 1 aliphatic heterocycles. The number of aromatic nitrogens is 3. The Morgan fingerprint density at radius 1 is 1.23 bits per heavy atom. The third-order valence-corrected chi connectivity index (χ3v) is 6.47. The number of anilines is 1. The number of carbonyl (C=O) groups excluding carboxylic acids is 2. The molecule has 0 spiro atoms. The molecule has 4 rings (SSSR count). The molecule has 1 aliphatic rings. The molecule has 3 heterocycles. The average molecular weight is 456 g/mol. The van der Waals surface area contributed by atoms with Crippen LogP contribution in [0, 0.1) is 6.92 Å². The molecule has 31 heavy (non-hydrogen) atoms. The first-order valence-corrected chi connectivity index (χ1v) is 11.2. The van der Waals surface area contributed by atoms with E-state index in [2.05, 4.69) is 25.6 Å². The maximum atomic E-state index is 13.7. The number of Topliss-reactive ketones (excluding diaryl/α,β-unsaturated/α-hetero) is 2. The van der Waals surface area contributed by atoms with Gasteiger partial charge >= 0.3 is 0 Å². The number of hydrogen-bond donors (Lipinski definition) is 2. The molecule has 0 radical (unpaired) electrons. The van der Waals surface area contributed by atoms with Crippen molar-refractivity contribution in [2.75, 3.05) is 11.9 Å². The largest absolute Gasteiger partial charge is 0.342 e. The fourth-order valence-corrected chi connectivity index (χ4v) is 4.66. The van der Waals surface area contributed by atoms with Crippen LogP contribution in [0.2, 0.25) is 5.02 Å². The molecule has 9 heteroatoms.